The zero-order chi connectivity index (χ0) is 42.8. The molecular weight excluding hydrogens is 769 g/mol. The molecule has 6 aromatic carbocycles. The average Bonchev–Trinajstić information content (AvgIpc) is 3.84. The molecule has 3 aliphatic heterocycles. The third-order valence-corrected chi connectivity index (χ3v) is 12.6. The van der Waals surface area contributed by atoms with E-state index >= 15 is 0 Å². The lowest BCUT2D eigenvalue weighted by Gasteiger charge is -2.38. The van der Waals surface area contributed by atoms with Gasteiger partial charge in [-0.1, -0.05) is 129 Å². The zero-order valence-electron chi connectivity index (χ0n) is 36.3. The standard InChI is InChI=1S/C56H48BN5O/c1-38-30-39(2)32-41(31-38)48-36-59-29-14-13-27-57(59)54(40-16-7-6-8-17-40)55(48)61-37-60(50-22-11-12-23-51(50)61)43-18-15-19-44(34-43)63-45-24-25-47-46-20-9-10-21-49(46)62(52(47)35-45)53-33-42(26-28-58-53)56(3,4)5/h6-36H,37H2,1-5H3. The molecule has 0 amide bonds. The predicted octanol–water partition coefficient (Wildman–Crippen LogP) is 13.7. The normalized spacial score (nSPS) is 14.8. The highest BCUT2D eigenvalue weighted by Crippen LogP contribution is 2.49. The molecule has 0 unspecified atom stereocenters. The smallest absolute Gasteiger partial charge is 0.322 e. The first-order chi connectivity index (χ1) is 30.7. The number of para-hydroxylation sites is 3. The molecule has 6 nitrogen and oxygen atoms in total. The summed E-state index contributed by atoms with van der Waals surface area (Å²) in [5, 5.41) is 2.34. The fourth-order valence-electron chi connectivity index (χ4n) is 9.68. The van der Waals surface area contributed by atoms with Crippen LogP contribution < -0.4 is 14.5 Å². The Hall–Kier alpha value is -7.51. The number of aryl methyl sites for hydroxylation is 2. The van der Waals surface area contributed by atoms with Gasteiger partial charge in [-0.25, -0.2) is 4.98 Å². The molecule has 8 aromatic rings. The number of pyridine rings is 1. The number of hydrogen-bond acceptors (Lipinski definition) is 5. The minimum Gasteiger partial charge on any atom is -0.457 e. The Balaban J connectivity index is 0.996. The van der Waals surface area contributed by atoms with Crippen LogP contribution in [0.1, 0.15) is 48.6 Å². The Kier molecular flexibility index (Phi) is 9.23. The summed E-state index contributed by atoms with van der Waals surface area (Å²) in [5.74, 6) is 4.74. The van der Waals surface area contributed by atoms with Crippen molar-refractivity contribution in [1.29, 1.82) is 0 Å². The Morgan fingerprint density at radius 1 is 0.619 bits per heavy atom. The summed E-state index contributed by atoms with van der Waals surface area (Å²) in [4.78, 5) is 12.2. The third kappa shape index (κ3) is 6.81. The van der Waals surface area contributed by atoms with Crippen LogP contribution in [0.25, 0.3) is 38.7 Å². The fraction of sp³-hybridized carbons (Fsp3) is 0.125. The van der Waals surface area contributed by atoms with Crippen LogP contribution in [0.2, 0.25) is 0 Å². The van der Waals surface area contributed by atoms with Crippen molar-refractivity contribution < 1.29 is 4.74 Å². The van der Waals surface area contributed by atoms with E-state index in [0.29, 0.717) is 6.67 Å². The topological polar surface area (TPSA) is 36.8 Å². The summed E-state index contributed by atoms with van der Waals surface area (Å²) in [6.07, 6.45) is 10.8. The van der Waals surface area contributed by atoms with Gasteiger partial charge in [-0.2, -0.15) is 0 Å². The van der Waals surface area contributed by atoms with Crippen molar-refractivity contribution in [2.75, 3.05) is 16.5 Å². The lowest BCUT2D eigenvalue weighted by Crippen LogP contribution is -2.40. The van der Waals surface area contributed by atoms with E-state index in [1.165, 1.54) is 49.9 Å². The number of benzene rings is 6. The van der Waals surface area contributed by atoms with Crippen molar-refractivity contribution in [2.45, 2.75) is 40.0 Å². The van der Waals surface area contributed by atoms with E-state index in [1.54, 1.807) is 0 Å². The average molecular weight is 818 g/mol. The minimum absolute atomic E-state index is 0.00910. The summed E-state index contributed by atoms with van der Waals surface area (Å²) >= 11 is 0. The molecule has 0 radical (unpaired) electrons. The number of rotatable bonds is 7. The van der Waals surface area contributed by atoms with Gasteiger partial charge in [-0.15, -0.1) is 0 Å². The Morgan fingerprint density at radius 3 is 2.16 bits per heavy atom. The third-order valence-electron chi connectivity index (χ3n) is 12.6. The van der Waals surface area contributed by atoms with Gasteiger partial charge in [0.15, 0.2) is 0 Å². The molecule has 5 heterocycles. The van der Waals surface area contributed by atoms with E-state index in [9.17, 15) is 0 Å². The molecule has 0 spiro atoms. The second-order valence-corrected chi connectivity index (χ2v) is 17.9. The number of fused-ring (bicyclic) bond motifs is 5. The molecule has 0 saturated carbocycles. The summed E-state index contributed by atoms with van der Waals surface area (Å²) < 4.78 is 9.07. The molecule has 0 atom stereocenters. The molecule has 11 rings (SSSR count). The maximum absolute atomic E-state index is 6.80. The van der Waals surface area contributed by atoms with Gasteiger partial charge in [0.1, 0.15) is 24.0 Å². The van der Waals surface area contributed by atoms with Crippen LogP contribution in [-0.4, -0.2) is 27.9 Å². The van der Waals surface area contributed by atoms with Crippen LogP contribution in [0, 0.1) is 13.8 Å². The van der Waals surface area contributed by atoms with E-state index in [2.05, 4.69) is 230 Å². The highest BCUT2D eigenvalue weighted by molar-refractivity contribution is 6.82. The maximum Gasteiger partial charge on any atom is 0.322 e. The van der Waals surface area contributed by atoms with E-state index in [0.717, 1.165) is 50.8 Å². The first-order valence-corrected chi connectivity index (χ1v) is 21.8. The monoisotopic (exact) mass is 817 g/mol. The molecule has 0 aliphatic carbocycles. The highest BCUT2D eigenvalue weighted by Gasteiger charge is 2.39. The molecule has 306 valence electrons. The summed E-state index contributed by atoms with van der Waals surface area (Å²) in [6, 6.07) is 54.4. The lowest BCUT2D eigenvalue weighted by atomic mass is 9.48. The number of hydrogen-bond donors (Lipinski definition) is 0. The number of ether oxygens (including phenoxy) is 1. The molecule has 63 heavy (non-hydrogen) atoms. The zero-order valence-corrected chi connectivity index (χ0v) is 36.3. The van der Waals surface area contributed by atoms with Gasteiger partial charge in [0.05, 0.1) is 22.4 Å². The SMILES string of the molecule is Cc1cc(C)cc(C2=CN3C=CC=CB3C(c3ccccc3)=C2N2CN(c3cccc(Oc4ccc5c6ccccc6n(-c6cc(C(C)(C)C)ccn6)c5c4)c3)c3ccccc32)c1. The van der Waals surface area contributed by atoms with Crippen LogP contribution in [0.15, 0.2) is 194 Å². The largest absolute Gasteiger partial charge is 0.457 e. The molecule has 3 aliphatic rings. The minimum atomic E-state index is -0.00910. The Labute approximate surface area is 370 Å². The first-order valence-electron chi connectivity index (χ1n) is 21.8. The van der Waals surface area contributed by atoms with Crippen molar-refractivity contribution in [1.82, 2.24) is 14.4 Å². The molecule has 0 N–H and O–H groups in total. The van der Waals surface area contributed by atoms with Gasteiger partial charge in [0, 0.05) is 52.3 Å². The Morgan fingerprint density at radius 2 is 1.35 bits per heavy atom. The fourth-order valence-corrected chi connectivity index (χ4v) is 9.68. The molecule has 0 bridgehead atoms. The van der Waals surface area contributed by atoms with Crippen LogP contribution in [0.5, 0.6) is 11.5 Å². The molecule has 0 fully saturated rings. The van der Waals surface area contributed by atoms with Crippen LogP contribution in [0.4, 0.5) is 17.1 Å². The number of nitrogens with zero attached hydrogens (tertiary/aromatic N) is 5. The van der Waals surface area contributed by atoms with Gasteiger partial charge < -0.3 is 19.3 Å². The first kappa shape index (κ1) is 38.4. The van der Waals surface area contributed by atoms with Crippen molar-refractivity contribution in [3.05, 3.63) is 222 Å². The molecule has 2 aromatic heterocycles. The Bertz CT molecular complexity index is 3200. The van der Waals surface area contributed by atoms with Crippen LogP contribution in [0.3, 0.4) is 0 Å². The van der Waals surface area contributed by atoms with E-state index in [1.807, 2.05) is 12.3 Å². The number of aromatic nitrogens is 2. The van der Waals surface area contributed by atoms with Crippen molar-refractivity contribution in [2.24, 2.45) is 0 Å². The lowest BCUT2D eigenvalue weighted by molar-refractivity contribution is 0.483. The van der Waals surface area contributed by atoms with E-state index in [4.69, 9.17) is 9.72 Å². The van der Waals surface area contributed by atoms with Gasteiger partial charge in [-0.3, -0.25) is 4.57 Å². The molecule has 7 heteroatoms. The van der Waals surface area contributed by atoms with E-state index in [-0.39, 0.29) is 12.3 Å². The molecule has 0 saturated heterocycles. The van der Waals surface area contributed by atoms with Crippen LogP contribution in [-0.2, 0) is 5.41 Å². The number of anilines is 3. The van der Waals surface area contributed by atoms with Crippen molar-refractivity contribution >= 4 is 56.8 Å². The maximum atomic E-state index is 6.80. The highest BCUT2D eigenvalue weighted by atomic mass is 16.5. The number of allylic oxidation sites excluding steroid dienone is 3. The second-order valence-electron chi connectivity index (χ2n) is 17.9. The second kappa shape index (κ2) is 15.1. The van der Waals surface area contributed by atoms with Crippen LogP contribution >= 0.6 is 0 Å². The van der Waals surface area contributed by atoms with Gasteiger partial charge >= 0.3 is 6.85 Å². The van der Waals surface area contributed by atoms with E-state index < -0.39 is 0 Å². The van der Waals surface area contributed by atoms with Gasteiger partial charge in [-0.05, 0) is 108 Å². The molecular formula is C56H48BN5O. The van der Waals surface area contributed by atoms with Gasteiger partial charge in [0.25, 0.3) is 0 Å². The van der Waals surface area contributed by atoms with Crippen molar-refractivity contribution in [3.63, 3.8) is 0 Å². The summed E-state index contributed by atoms with van der Waals surface area (Å²) in [6.45, 7) is 11.8. The van der Waals surface area contributed by atoms with Crippen molar-refractivity contribution in [3.8, 4) is 17.3 Å². The quantitative estimate of drug-likeness (QED) is 0.150. The predicted molar refractivity (Wildman–Crippen MR) is 263 cm³/mol. The summed E-state index contributed by atoms with van der Waals surface area (Å²) in [7, 11) is 0. The van der Waals surface area contributed by atoms with Gasteiger partial charge in [0.2, 0.25) is 0 Å². The summed E-state index contributed by atoms with van der Waals surface area (Å²) in [5.41, 5.74) is 15.3.